The van der Waals surface area contributed by atoms with E-state index in [2.05, 4.69) is 71.1 Å². The molecule has 3 heterocycles. The zero-order valence-electron chi connectivity index (χ0n) is 17.3. The third kappa shape index (κ3) is 2.61. The fourth-order valence-corrected chi connectivity index (χ4v) is 5.68. The van der Waals surface area contributed by atoms with Crippen molar-refractivity contribution in [2.45, 2.75) is 31.2 Å². The summed E-state index contributed by atoms with van der Waals surface area (Å²) >= 11 is 0. The minimum atomic E-state index is 0.265. The van der Waals surface area contributed by atoms with E-state index in [1.54, 1.807) is 12.7 Å². The number of benzene rings is 2. The third-order valence-corrected chi connectivity index (χ3v) is 7.39. The maximum Gasteiger partial charge on any atom is 0.122 e. The molecule has 0 spiro atoms. The lowest BCUT2D eigenvalue weighted by Crippen LogP contribution is -2.57. The van der Waals surface area contributed by atoms with E-state index in [1.807, 2.05) is 0 Å². The van der Waals surface area contributed by atoms with Gasteiger partial charge in [-0.05, 0) is 43.0 Å². The van der Waals surface area contributed by atoms with Gasteiger partial charge in [0.1, 0.15) is 5.75 Å². The van der Waals surface area contributed by atoms with Crippen LogP contribution in [0.3, 0.4) is 0 Å². The molecule has 1 fully saturated rings. The Morgan fingerprint density at radius 1 is 1.07 bits per heavy atom. The predicted octanol–water partition coefficient (Wildman–Crippen LogP) is 3.76. The first-order valence-corrected chi connectivity index (χ1v) is 10.6. The van der Waals surface area contributed by atoms with Crippen LogP contribution in [0.2, 0.25) is 0 Å². The molecule has 1 saturated heterocycles. The van der Waals surface area contributed by atoms with Crippen molar-refractivity contribution in [3.63, 3.8) is 0 Å². The number of para-hydroxylation sites is 2. The van der Waals surface area contributed by atoms with Crippen LogP contribution in [0.5, 0.6) is 5.75 Å². The van der Waals surface area contributed by atoms with Gasteiger partial charge in [0.05, 0.1) is 18.5 Å². The Balaban J connectivity index is 1.38. The topological polar surface area (TPSA) is 19.0 Å². The van der Waals surface area contributed by atoms with Crippen molar-refractivity contribution in [1.82, 2.24) is 4.90 Å². The highest BCUT2D eigenvalue weighted by atomic mass is 16.5. The van der Waals surface area contributed by atoms with Crippen LogP contribution in [0.4, 0.5) is 11.4 Å². The van der Waals surface area contributed by atoms with Crippen LogP contribution in [0.1, 0.15) is 30.4 Å². The van der Waals surface area contributed by atoms with E-state index in [0.29, 0.717) is 5.92 Å². The molecule has 4 nitrogen and oxygen atoms in total. The highest BCUT2D eigenvalue weighted by Gasteiger charge is 2.52. The second-order valence-electron chi connectivity index (χ2n) is 8.81. The highest BCUT2D eigenvalue weighted by Crippen LogP contribution is 2.55. The Morgan fingerprint density at radius 2 is 1.93 bits per heavy atom. The lowest BCUT2D eigenvalue weighted by Gasteiger charge is -2.49. The van der Waals surface area contributed by atoms with E-state index < -0.39 is 0 Å². The zero-order valence-corrected chi connectivity index (χ0v) is 17.3. The molecule has 0 aliphatic carbocycles. The number of hydrogen-bond acceptors (Lipinski definition) is 4. The fraction of sp³-hybridized carbons (Fsp3) is 0.500. The molecule has 2 aromatic carbocycles. The van der Waals surface area contributed by atoms with Crippen LogP contribution in [0.15, 0.2) is 42.5 Å². The minimum Gasteiger partial charge on any atom is -0.496 e. The molecule has 0 unspecified atom stereocenters. The van der Waals surface area contributed by atoms with Gasteiger partial charge >= 0.3 is 0 Å². The molecule has 28 heavy (non-hydrogen) atoms. The molecular formula is C24H31N3O. The highest BCUT2D eigenvalue weighted by molar-refractivity contribution is 5.81. The van der Waals surface area contributed by atoms with Gasteiger partial charge in [-0.15, -0.1) is 0 Å². The summed E-state index contributed by atoms with van der Waals surface area (Å²) in [6.45, 7) is 8.21. The van der Waals surface area contributed by atoms with Crippen LogP contribution in [0.25, 0.3) is 0 Å². The fourth-order valence-electron chi connectivity index (χ4n) is 5.68. The third-order valence-electron chi connectivity index (χ3n) is 7.39. The van der Waals surface area contributed by atoms with Crippen LogP contribution >= 0.6 is 0 Å². The quantitative estimate of drug-likeness (QED) is 0.808. The molecule has 2 aromatic rings. The summed E-state index contributed by atoms with van der Waals surface area (Å²) in [5, 5.41) is 0. The van der Waals surface area contributed by atoms with Gasteiger partial charge in [0.2, 0.25) is 0 Å². The van der Waals surface area contributed by atoms with Crippen LogP contribution in [-0.4, -0.2) is 57.3 Å². The Morgan fingerprint density at radius 3 is 2.79 bits per heavy atom. The maximum atomic E-state index is 5.55. The van der Waals surface area contributed by atoms with Gasteiger partial charge in [0.25, 0.3) is 0 Å². The summed E-state index contributed by atoms with van der Waals surface area (Å²) in [6.07, 6.45) is 2.29. The number of rotatable bonds is 4. The predicted molar refractivity (Wildman–Crippen MR) is 116 cm³/mol. The number of ether oxygens (including phenoxy) is 1. The lowest BCUT2D eigenvalue weighted by molar-refractivity contribution is 0.149. The van der Waals surface area contributed by atoms with Crippen molar-refractivity contribution in [2.24, 2.45) is 0 Å². The first-order valence-electron chi connectivity index (χ1n) is 10.6. The molecular weight excluding hydrogens is 346 g/mol. The molecule has 0 bridgehead atoms. The van der Waals surface area contributed by atoms with Crippen molar-refractivity contribution in [3.8, 4) is 5.75 Å². The molecule has 0 amide bonds. The number of anilines is 2. The standard InChI is InChI=1S/C24H31N3O/c1-24-12-14-26(13-11-18-7-4-5-10-22(18)28-3)17-20(24)19-8-6-9-21-23(19)27(24)16-15-25(21)2/h4-10,20H,11-17H2,1-3H3/t20-,24-/m0/s1. The van der Waals surface area contributed by atoms with Gasteiger partial charge in [-0.1, -0.05) is 30.3 Å². The molecule has 3 aliphatic rings. The van der Waals surface area contributed by atoms with Gasteiger partial charge in [-0.2, -0.15) is 0 Å². The molecule has 2 atom stereocenters. The monoisotopic (exact) mass is 377 g/mol. The number of hydrogen-bond donors (Lipinski definition) is 0. The second-order valence-corrected chi connectivity index (χ2v) is 8.81. The number of likely N-dealkylation sites (tertiary alicyclic amines) is 1. The van der Waals surface area contributed by atoms with Crippen molar-refractivity contribution in [3.05, 3.63) is 53.6 Å². The zero-order chi connectivity index (χ0) is 19.3. The number of nitrogens with zero attached hydrogens (tertiary/aromatic N) is 3. The average molecular weight is 378 g/mol. The van der Waals surface area contributed by atoms with Crippen molar-refractivity contribution in [1.29, 1.82) is 0 Å². The summed E-state index contributed by atoms with van der Waals surface area (Å²) in [4.78, 5) is 7.83. The molecule has 148 valence electrons. The smallest absolute Gasteiger partial charge is 0.122 e. The Kier molecular flexibility index (Phi) is 4.27. The lowest BCUT2D eigenvalue weighted by atomic mass is 9.78. The summed E-state index contributed by atoms with van der Waals surface area (Å²) < 4.78 is 5.55. The van der Waals surface area contributed by atoms with E-state index in [0.717, 1.165) is 38.3 Å². The molecule has 0 saturated carbocycles. The second kappa shape index (κ2) is 6.70. The first-order chi connectivity index (χ1) is 13.6. The van der Waals surface area contributed by atoms with Crippen LogP contribution in [-0.2, 0) is 6.42 Å². The normalized spacial score (nSPS) is 26.2. The van der Waals surface area contributed by atoms with E-state index in [1.165, 1.54) is 29.9 Å². The van der Waals surface area contributed by atoms with E-state index in [4.69, 9.17) is 4.74 Å². The average Bonchev–Trinajstić information content (AvgIpc) is 2.98. The minimum absolute atomic E-state index is 0.265. The molecule has 4 heteroatoms. The maximum absolute atomic E-state index is 5.55. The molecule has 0 N–H and O–H groups in total. The molecule has 3 aliphatic heterocycles. The van der Waals surface area contributed by atoms with Gasteiger partial charge in [-0.3, -0.25) is 0 Å². The summed E-state index contributed by atoms with van der Waals surface area (Å²) in [5.41, 5.74) is 6.07. The van der Waals surface area contributed by atoms with Crippen molar-refractivity contribution < 1.29 is 4.74 Å². The number of likely N-dealkylation sites (N-methyl/N-ethyl adjacent to an activating group) is 1. The number of methoxy groups -OCH3 is 1. The molecule has 0 aromatic heterocycles. The Labute approximate surface area is 168 Å². The van der Waals surface area contributed by atoms with Crippen molar-refractivity contribution in [2.75, 3.05) is 56.7 Å². The summed E-state index contributed by atoms with van der Waals surface area (Å²) in [6, 6.07) is 15.4. The van der Waals surface area contributed by atoms with Gasteiger partial charge in [0, 0.05) is 51.2 Å². The van der Waals surface area contributed by atoms with Crippen LogP contribution in [0, 0.1) is 0 Å². The largest absolute Gasteiger partial charge is 0.496 e. The number of piperidine rings is 1. The van der Waals surface area contributed by atoms with E-state index in [9.17, 15) is 0 Å². The van der Waals surface area contributed by atoms with E-state index >= 15 is 0 Å². The van der Waals surface area contributed by atoms with Gasteiger partial charge in [0.15, 0.2) is 0 Å². The first kappa shape index (κ1) is 17.9. The Hall–Kier alpha value is -2.20. The summed E-state index contributed by atoms with van der Waals surface area (Å²) in [5.74, 6) is 1.61. The Bertz CT molecular complexity index is 882. The molecule has 0 radical (unpaired) electrons. The summed E-state index contributed by atoms with van der Waals surface area (Å²) in [7, 11) is 4.00. The SMILES string of the molecule is COc1ccccc1CCN1CC[C@@]2(C)[C@@H](C1)c1cccc3c1N2CCN3C. The molecule has 5 rings (SSSR count). The van der Waals surface area contributed by atoms with E-state index in [-0.39, 0.29) is 5.54 Å². The van der Waals surface area contributed by atoms with Crippen LogP contribution < -0.4 is 14.5 Å². The van der Waals surface area contributed by atoms with Crippen molar-refractivity contribution >= 4 is 11.4 Å². The van der Waals surface area contributed by atoms with Gasteiger partial charge < -0.3 is 19.4 Å². The van der Waals surface area contributed by atoms with Gasteiger partial charge in [-0.25, -0.2) is 0 Å². The number of fused-ring (bicyclic) bond motifs is 3.